The molecular formula is C27H33N5O2. The van der Waals surface area contributed by atoms with Crippen molar-refractivity contribution in [2.75, 3.05) is 31.5 Å². The molecule has 0 spiro atoms. The Bertz CT molecular complexity index is 1170. The molecule has 2 heterocycles. The molecule has 34 heavy (non-hydrogen) atoms. The van der Waals surface area contributed by atoms with Crippen molar-refractivity contribution in [3.63, 3.8) is 0 Å². The Balaban J connectivity index is 1.50. The number of amides is 2. The standard InChI is InChI=1S/C27H33N5O2/c1-19(2)30-12-14-31(15-13-30)27(34)23-16-21(29-26(33)20-8-4-3-5-9-20)17-24-25(23)32(18-28-24)22-10-6-7-11-22/h3-5,8-9,16-19,22H,6-7,10-15H2,1-2H3,(H,29,33). The van der Waals surface area contributed by atoms with Crippen molar-refractivity contribution in [1.29, 1.82) is 0 Å². The molecule has 0 bridgehead atoms. The fraction of sp³-hybridized carbons (Fsp3) is 0.444. The number of rotatable bonds is 5. The van der Waals surface area contributed by atoms with Crippen LogP contribution in [0.1, 0.15) is 66.3 Å². The summed E-state index contributed by atoms with van der Waals surface area (Å²) < 4.78 is 2.20. The Morgan fingerprint density at radius 2 is 1.71 bits per heavy atom. The number of aromatic nitrogens is 2. The normalized spacial score (nSPS) is 17.6. The minimum absolute atomic E-state index is 0.0176. The van der Waals surface area contributed by atoms with E-state index in [1.807, 2.05) is 41.6 Å². The van der Waals surface area contributed by atoms with E-state index < -0.39 is 0 Å². The summed E-state index contributed by atoms with van der Waals surface area (Å²) in [7, 11) is 0. The van der Waals surface area contributed by atoms with E-state index in [9.17, 15) is 9.59 Å². The predicted molar refractivity (Wildman–Crippen MR) is 134 cm³/mol. The molecule has 1 aliphatic carbocycles. The van der Waals surface area contributed by atoms with Crippen LogP contribution in [-0.4, -0.2) is 63.4 Å². The van der Waals surface area contributed by atoms with E-state index in [-0.39, 0.29) is 11.8 Å². The van der Waals surface area contributed by atoms with E-state index in [4.69, 9.17) is 0 Å². The fourth-order valence-electron chi connectivity index (χ4n) is 5.27. The molecule has 1 aliphatic heterocycles. The summed E-state index contributed by atoms with van der Waals surface area (Å²) in [6.07, 6.45) is 6.50. The maximum atomic E-state index is 13.8. The quantitative estimate of drug-likeness (QED) is 0.607. The second kappa shape index (κ2) is 9.58. The molecular weight excluding hydrogens is 426 g/mol. The van der Waals surface area contributed by atoms with Crippen LogP contribution in [0.25, 0.3) is 11.0 Å². The number of benzene rings is 2. The molecule has 1 aromatic heterocycles. The second-order valence-electron chi connectivity index (χ2n) is 9.72. The number of carbonyl (C=O) groups is 2. The first kappa shape index (κ1) is 22.6. The number of hydrogen-bond acceptors (Lipinski definition) is 4. The van der Waals surface area contributed by atoms with E-state index >= 15 is 0 Å². The van der Waals surface area contributed by atoms with E-state index in [0.29, 0.717) is 42.0 Å². The summed E-state index contributed by atoms with van der Waals surface area (Å²) in [4.78, 5) is 35.6. The van der Waals surface area contributed by atoms with Crippen molar-refractivity contribution < 1.29 is 9.59 Å². The Kier molecular flexibility index (Phi) is 6.37. The van der Waals surface area contributed by atoms with E-state index in [2.05, 4.69) is 33.6 Å². The third-order valence-corrected chi connectivity index (χ3v) is 7.24. The number of imidazole rings is 1. The summed E-state index contributed by atoms with van der Waals surface area (Å²) in [5, 5.41) is 2.98. The number of nitrogens with zero attached hydrogens (tertiary/aromatic N) is 4. The summed E-state index contributed by atoms with van der Waals surface area (Å²) in [6.45, 7) is 7.55. The first-order valence-corrected chi connectivity index (χ1v) is 12.4. The van der Waals surface area contributed by atoms with E-state index in [1.54, 1.807) is 12.1 Å². The highest BCUT2D eigenvalue weighted by molar-refractivity contribution is 6.09. The molecule has 1 N–H and O–H groups in total. The van der Waals surface area contributed by atoms with Gasteiger partial charge in [-0.2, -0.15) is 0 Å². The van der Waals surface area contributed by atoms with Gasteiger partial charge in [-0.05, 0) is 51.0 Å². The van der Waals surface area contributed by atoms with Gasteiger partial charge in [0.05, 0.1) is 22.9 Å². The summed E-state index contributed by atoms with van der Waals surface area (Å²) in [6, 6.07) is 13.7. The molecule has 3 aromatic rings. The average Bonchev–Trinajstić information content (AvgIpc) is 3.53. The average molecular weight is 460 g/mol. The van der Waals surface area contributed by atoms with Crippen molar-refractivity contribution >= 4 is 28.5 Å². The van der Waals surface area contributed by atoms with Gasteiger partial charge >= 0.3 is 0 Å². The molecule has 0 unspecified atom stereocenters. The fourth-order valence-corrected chi connectivity index (χ4v) is 5.27. The van der Waals surface area contributed by atoms with Gasteiger partial charge in [-0.3, -0.25) is 14.5 Å². The highest BCUT2D eigenvalue weighted by Crippen LogP contribution is 2.34. The second-order valence-corrected chi connectivity index (χ2v) is 9.72. The summed E-state index contributed by atoms with van der Waals surface area (Å²) >= 11 is 0. The molecule has 0 radical (unpaired) electrons. The monoisotopic (exact) mass is 459 g/mol. The van der Waals surface area contributed by atoms with E-state index in [1.165, 1.54) is 12.8 Å². The van der Waals surface area contributed by atoms with Gasteiger partial charge in [-0.1, -0.05) is 31.0 Å². The molecule has 1 saturated heterocycles. The molecule has 0 atom stereocenters. The zero-order valence-electron chi connectivity index (χ0n) is 20.0. The van der Waals surface area contributed by atoms with Crippen LogP contribution in [0.4, 0.5) is 5.69 Å². The van der Waals surface area contributed by atoms with Crippen molar-refractivity contribution in [2.24, 2.45) is 0 Å². The van der Waals surface area contributed by atoms with Crippen LogP contribution < -0.4 is 5.32 Å². The molecule has 5 rings (SSSR count). The Morgan fingerprint density at radius 1 is 1.00 bits per heavy atom. The van der Waals surface area contributed by atoms with Crippen LogP contribution in [0.3, 0.4) is 0 Å². The van der Waals surface area contributed by atoms with E-state index in [0.717, 1.165) is 37.0 Å². The number of piperazine rings is 1. The first-order valence-electron chi connectivity index (χ1n) is 12.4. The Hall–Kier alpha value is -3.19. The predicted octanol–water partition coefficient (Wildman–Crippen LogP) is 4.57. The molecule has 2 fully saturated rings. The number of carbonyl (C=O) groups excluding carboxylic acids is 2. The van der Waals surface area contributed by atoms with Gasteiger partial charge in [0.1, 0.15) is 0 Å². The Morgan fingerprint density at radius 3 is 2.38 bits per heavy atom. The van der Waals surface area contributed by atoms with Crippen molar-refractivity contribution in [2.45, 2.75) is 51.6 Å². The molecule has 2 aromatic carbocycles. The molecule has 2 amide bonds. The number of anilines is 1. The molecule has 1 saturated carbocycles. The molecule has 7 nitrogen and oxygen atoms in total. The largest absolute Gasteiger partial charge is 0.336 e. The lowest BCUT2D eigenvalue weighted by Crippen LogP contribution is -2.50. The van der Waals surface area contributed by atoms with Gasteiger partial charge in [0, 0.05) is 49.5 Å². The van der Waals surface area contributed by atoms with Gasteiger partial charge in [0.2, 0.25) is 0 Å². The van der Waals surface area contributed by atoms with Crippen LogP contribution in [0.15, 0.2) is 48.8 Å². The van der Waals surface area contributed by atoms with Crippen LogP contribution in [0.5, 0.6) is 0 Å². The van der Waals surface area contributed by atoms with Crippen molar-refractivity contribution in [3.8, 4) is 0 Å². The lowest BCUT2D eigenvalue weighted by atomic mass is 10.1. The lowest BCUT2D eigenvalue weighted by Gasteiger charge is -2.37. The zero-order valence-corrected chi connectivity index (χ0v) is 20.0. The SMILES string of the molecule is CC(C)N1CCN(C(=O)c2cc(NC(=O)c3ccccc3)cc3ncn(C4CCCC4)c23)CC1. The zero-order chi connectivity index (χ0) is 23.7. The molecule has 7 heteroatoms. The summed E-state index contributed by atoms with van der Waals surface area (Å²) in [5.41, 5.74) is 3.45. The van der Waals surface area contributed by atoms with Gasteiger partial charge in [-0.15, -0.1) is 0 Å². The highest BCUT2D eigenvalue weighted by atomic mass is 16.2. The summed E-state index contributed by atoms with van der Waals surface area (Å²) in [5.74, 6) is -0.178. The topological polar surface area (TPSA) is 70.5 Å². The first-order chi connectivity index (χ1) is 16.5. The van der Waals surface area contributed by atoms with Crippen molar-refractivity contribution in [1.82, 2.24) is 19.4 Å². The van der Waals surface area contributed by atoms with Crippen molar-refractivity contribution in [3.05, 3.63) is 59.9 Å². The van der Waals surface area contributed by atoms with Crippen LogP contribution in [0.2, 0.25) is 0 Å². The Labute approximate surface area is 200 Å². The lowest BCUT2D eigenvalue weighted by molar-refractivity contribution is 0.0596. The smallest absolute Gasteiger partial charge is 0.256 e. The maximum Gasteiger partial charge on any atom is 0.256 e. The van der Waals surface area contributed by atoms with Gasteiger partial charge in [-0.25, -0.2) is 4.98 Å². The maximum absolute atomic E-state index is 13.8. The molecule has 178 valence electrons. The van der Waals surface area contributed by atoms with Crippen LogP contribution in [0, 0.1) is 0 Å². The third kappa shape index (κ3) is 4.44. The minimum Gasteiger partial charge on any atom is -0.336 e. The van der Waals surface area contributed by atoms with Gasteiger partial charge in [0.15, 0.2) is 0 Å². The molecule has 2 aliphatic rings. The highest BCUT2D eigenvalue weighted by Gasteiger charge is 2.28. The van der Waals surface area contributed by atoms with Crippen LogP contribution in [-0.2, 0) is 0 Å². The number of hydrogen-bond donors (Lipinski definition) is 1. The van der Waals surface area contributed by atoms with Crippen LogP contribution >= 0.6 is 0 Å². The van der Waals surface area contributed by atoms with Gasteiger partial charge < -0.3 is 14.8 Å². The van der Waals surface area contributed by atoms with Gasteiger partial charge in [0.25, 0.3) is 11.8 Å². The number of fused-ring (bicyclic) bond motifs is 1. The third-order valence-electron chi connectivity index (χ3n) is 7.24. The number of nitrogens with one attached hydrogen (secondary N) is 1. The minimum atomic E-state index is -0.195.